The van der Waals surface area contributed by atoms with Gasteiger partial charge in [0, 0.05) is 5.56 Å². The van der Waals surface area contributed by atoms with E-state index in [0.29, 0.717) is 5.56 Å². The molecule has 70 valence electrons. The third kappa shape index (κ3) is 1.62. The number of pyridine rings is 1. The van der Waals surface area contributed by atoms with Gasteiger partial charge in [-0.15, -0.1) is 0 Å². The van der Waals surface area contributed by atoms with E-state index in [0.717, 1.165) is 12.1 Å². The number of aromatic nitrogens is 1. The Morgan fingerprint density at radius 2 is 1.57 bits per heavy atom. The average Bonchev–Trinajstić information content (AvgIpc) is 2.23. The Balaban J connectivity index is 2.57. The molecule has 1 aromatic carbocycles. The fraction of sp³-hybridized carbons (Fsp3) is 0. The maximum absolute atomic E-state index is 13.2. The van der Waals surface area contributed by atoms with Gasteiger partial charge in [-0.1, -0.05) is 30.3 Å². The zero-order valence-electron chi connectivity index (χ0n) is 7.24. The molecule has 0 saturated heterocycles. The number of rotatable bonds is 1. The molecule has 3 heteroatoms. The van der Waals surface area contributed by atoms with Crippen LogP contribution in [0.5, 0.6) is 0 Å². The predicted octanol–water partition coefficient (Wildman–Crippen LogP) is 3.03. The third-order valence-corrected chi connectivity index (χ3v) is 1.86. The van der Waals surface area contributed by atoms with Crippen molar-refractivity contribution in [3.63, 3.8) is 0 Å². The van der Waals surface area contributed by atoms with E-state index in [4.69, 9.17) is 0 Å². The molecule has 0 radical (unpaired) electrons. The summed E-state index contributed by atoms with van der Waals surface area (Å²) in [5.41, 5.74) is 0.620. The molecule has 0 bridgehead atoms. The van der Waals surface area contributed by atoms with Gasteiger partial charge in [-0.25, -0.2) is 9.37 Å². The Hall–Kier alpha value is -1.77. The van der Waals surface area contributed by atoms with Crippen molar-refractivity contribution in [3.8, 4) is 11.3 Å². The number of benzene rings is 1. The van der Waals surface area contributed by atoms with E-state index in [9.17, 15) is 8.78 Å². The topological polar surface area (TPSA) is 12.9 Å². The normalized spacial score (nSPS) is 10.1. The van der Waals surface area contributed by atoms with Crippen LogP contribution in [0.2, 0.25) is 0 Å². The Kier molecular flexibility index (Phi) is 2.23. The van der Waals surface area contributed by atoms with Gasteiger partial charge in [0.2, 0.25) is 5.95 Å². The van der Waals surface area contributed by atoms with E-state index < -0.39 is 11.8 Å². The van der Waals surface area contributed by atoms with E-state index in [-0.39, 0.29) is 5.69 Å². The number of nitrogens with zero attached hydrogens (tertiary/aromatic N) is 1. The summed E-state index contributed by atoms with van der Waals surface area (Å²) in [5.74, 6) is -1.19. The van der Waals surface area contributed by atoms with E-state index in [1.165, 1.54) is 0 Å². The quantitative estimate of drug-likeness (QED) is 0.631. The third-order valence-electron chi connectivity index (χ3n) is 1.86. The first kappa shape index (κ1) is 8.81. The lowest BCUT2D eigenvalue weighted by Gasteiger charge is -2.01. The molecule has 0 unspecified atom stereocenters. The Morgan fingerprint density at radius 1 is 0.857 bits per heavy atom. The second-order valence-electron chi connectivity index (χ2n) is 2.83. The summed E-state index contributed by atoms with van der Waals surface area (Å²) in [4.78, 5) is 3.50. The highest BCUT2D eigenvalue weighted by atomic mass is 19.1. The molecule has 2 aromatic rings. The van der Waals surface area contributed by atoms with Crippen LogP contribution < -0.4 is 0 Å². The summed E-state index contributed by atoms with van der Waals surface area (Å²) in [7, 11) is 0. The molecule has 1 heterocycles. The highest BCUT2D eigenvalue weighted by Gasteiger charge is 2.06. The van der Waals surface area contributed by atoms with Gasteiger partial charge in [-0.05, 0) is 12.1 Å². The highest BCUT2D eigenvalue weighted by Crippen LogP contribution is 2.19. The van der Waals surface area contributed by atoms with Crippen molar-refractivity contribution in [1.82, 2.24) is 4.98 Å². The van der Waals surface area contributed by atoms with Crippen LogP contribution in [-0.4, -0.2) is 4.98 Å². The summed E-state index contributed by atoms with van der Waals surface area (Å²) < 4.78 is 26.0. The summed E-state index contributed by atoms with van der Waals surface area (Å²) in [6, 6.07) is 10.8. The van der Waals surface area contributed by atoms with Gasteiger partial charge >= 0.3 is 0 Å². The van der Waals surface area contributed by atoms with Crippen molar-refractivity contribution in [2.24, 2.45) is 0 Å². The molecule has 0 fully saturated rings. The average molecular weight is 191 g/mol. The fourth-order valence-electron chi connectivity index (χ4n) is 1.22. The summed E-state index contributed by atoms with van der Waals surface area (Å²) >= 11 is 0. The Bertz CT molecular complexity index is 440. The van der Waals surface area contributed by atoms with E-state index in [1.807, 2.05) is 0 Å². The SMILES string of the molecule is Fc1ccc(F)c(-c2ccccc2)n1. The van der Waals surface area contributed by atoms with Gasteiger partial charge < -0.3 is 0 Å². The van der Waals surface area contributed by atoms with E-state index in [1.54, 1.807) is 30.3 Å². The highest BCUT2D eigenvalue weighted by molar-refractivity contribution is 5.59. The van der Waals surface area contributed by atoms with Crippen LogP contribution in [0, 0.1) is 11.8 Å². The second-order valence-corrected chi connectivity index (χ2v) is 2.83. The zero-order valence-corrected chi connectivity index (χ0v) is 7.24. The van der Waals surface area contributed by atoms with Crippen molar-refractivity contribution >= 4 is 0 Å². The van der Waals surface area contributed by atoms with Gasteiger partial charge in [0.15, 0.2) is 0 Å². The van der Waals surface area contributed by atoms with Gasteiger partial charge in [0.05, 0.1) is 0 Å². The zero-order chi connectivity index (χ0) is 9.97. The maximum atomic E-state index is 13.2. The smallest absolute Gasteiger partial charge is 0.213 e. The van der Waals surface area contributed by atoms with Crippen molar-refractivity contribution in [2.75, 3.05) is 0 Å². The Morgan fingerprint density at radius 3 is 2.29 bits per heavy atom. The lowest BCUT2D eigenvalue weighted by Crippen LogP contribution is -1.91. The lowest BCUT2D eigenvalue weighted by atomic mass is 10.1. The summed E-state index contributed by atoms with van der Waals surface area (Å²) in [6.07, 6.45) is 0. The van der Waals surface area contributed by atoms with Crippen LogP contribution in [0.25, 0.3) is 11.3 Å². The number of hydrogen-bond acceptors (Lipinski definition) is 1. The molecule has 1 nitrogen and oxygen atoms in total. The molecule has 0 amide bonds. The molecule has 2 rings (SSSR count). The largest absolute Gasteiger partial charge is 0.217 e. The Labute approximate surface area is 80.0 Å². The minimum Gasteiger partial charge on any atom is -0.217 e. The van der Waals surface area contributed by atoms with Crippen LogP contribution in [-0.2, 0) is 0 Å². The van der Waals surface area contributed by atoms with Crippen molar-refractivity contribution in [2.45, 2.75) is 0 Å². The molecule has 0 N–H and O–H groups in total. The van der Waals surface area contributed by atoms with E-state index >= 15 is 0 Å². The molecule has 0 atom stereocenters. The standard InChI is InChI=1S/C11H7F2N/c12-9-6-7-10(13)14-11(9)8-4-2-1-3-5-8/h1-7H. The molecule has 0 spiro atoms. The molecule has 1 aromatic heterocycles. The molecule has 0 saturated carbocycles. The predicted molar refractivity (Wildman–Crippen MR) is 49.6 cm³/mol. The number of halogens is 2. The second kappa shape index (κ2) is 3.54. The first-order chi connectivity index (χ1) is 6.77. The van der Waals surface area contributed by atoms with Crippen molar-refractivity contribution in [3.05, 3.63) is 54.2 Å². The molecule has 14 heavy (non-hydrogen) atoms. The first-order valence-corrected chi connectivity index (χ1v) is 4.15. The van der Waals surface area contributed by atoms with E-state index in [2.05, 4.69) is 4.98 Å². The minimum atomic E-state index is -0.676. The van der Waals surface area contributed by atoms with Gasteiger partial charge in [0.1, 0.15) is 11.5 Å². The maximum Gasteiger partial charge on any atom is 0.213 e. The molecule has 0 aliphatic carbocycles. The van der Waals surface area contributed by atoms with Crippen LogP contribution >= 0.6 is 0 Å². The van der Waals surface area contributed by atoms with Crippen molar-refractivity contribution < 1.29 is 8.78 Å². The molecule has 0 aliphatic heterocycles. The van der Waals surface area contributed by atoms with Crippen LogP contribution in [0.1, 0.15) is 0 Å². The number of hydrogen-bond donors (Lipinski definition) is 0. The van der Waals surface area contributed by atoms with Crippen LogP contribution in [0.4, 0.5) is 8.78 Å². The summed E-state index contributed by atoms with van der Waals surface area (Å²) in [6.45, 7) is 0. The van der Waals surface area contributed by atoms with Gasteiger partial charge in [0.25, 0.3) is 0 Å². The van der Waals surface area contributed by atoms with Crippen molar-refractivity contribution in [1.29, 1.82) is 0 Å². The molecule has 0 aliphatic rings. The first-order valence-electron chi connectivity index (χ1n) is 4.15. The molecular weight excluding hydrogens is 184 g/mol. The lowest BCUT2D eigenvalue weighted by molar-refractivity contribution is 0.564. The molecular formula is C11H7F2N. The van der Waals surface area contributed by atoms with Gasteiger partial charge in [-0.3, -0.25) is 0 Å². The van der Waals surface area contributed by atoms with Crippen LogP contribution in [0.3, 0.4) is 0 Å². The van der Waals surface area contributed by atoms with Gasteiger partial charge in [-0.2, -0.15) is 4.39 Å². The monoisotopic (exact) mass is 191 g/mol. The summed E-state index contributed by atoms with van der Waals surface area (Å²) in [5, 5.41) is 0. The minimum absolute atomic E-state index is 0.0469. The fourth-order valence-corrected chi connectivity index (χ4v) is 1.22. The van der Waals surface area contributed by atoms with Crippen LogP contribution in [0.15, 0.2) is 42.5 Å².